The summed E-state index contributed by atoms with van der Waals surface area (Å²) < 4.78 is 18.6. The van der Waals surface area contributed by atoms with Crippen molar-refractivity contribution in [2.75, 3.05) is 12.4 Å². The van der Waals surface area contributed by atoms with Gasteiger partial charge in [0.1, 0.15) is 11.6 Å². The molecule has 8 nitrogen and oxygen atoms in total. The molecule has 1 aliphatic rings. The number of carbonyl (C=O) groups excluding carboxylic acids is 1. The third-order valence-corrected chi connectivity index (χ3v) is 7.64. The molecular weight excluding hydrogens is 498 g/mol. The van der Waals surface area contributed by atoms with E-state index >= 15 is 0 Å². The van der Waals surface area contributed by atoms with Crippen LogP contribution in [0, 0.1) is 6.92 Å². The number of ether oxygens (including phenoxy) is 3. The van der Waals surface area contributed by atoms with Crippen molar-refractivity contribution >= 4 is 29.2 Å². The molecule has 0 spiro atoms. The summed E-state index contributed by atoms with van der Waals surface area (Å²) in [5.74, 6) is 0.731. The predicted molar refractivity (Wildman–Crippen MR) is 139 cm³/mol. The topological polar surface area (TPSA) is 103 Å². The van der Waals surface area contributed by atoms with Crippen LogP contribution in [0.15, 0.2) is 65.5 Å². The van der Waals surface area contributed by atoms with Gasteiger partial charge in [-0.15, -0.1) is 10.2 Å². The number of thioether (sulfide) groups is 1. The molecule has 2 heterocycles. The van der Waals surface area contributed by atoms with Crippen LogP contribution in [0.25, 0.3) is 0 Å². The predicted octanol–water partition coefficient (Wildman–Crippen LogP) is 5.09. The van der Waals surface area contributed by atoms with E-state index in [1.54, 1.807) is 23.1 Å². The van der Waals surface area contributed by atoms with E-state index in [1.165, 1.54) is 6.08 Å². The van der Waals surface area contributed by atoms with Crippen molar-refractivity contribution in [1.82, 2.24) is 15.5 Å². The fourth-order valence-corrected chi connectivity index (χ4v) is 5.54. The van der Waals surface area contributed by atoms with Crippen molar-refractivity contribution < 1.29 is 24.1 Å². The van der Waals surface area contributed by atoms with E-state index in [0.717, 1.165) is 37.4 Å². The van der Waals surface area contributed by atoms with Crippen LogP contribution in [0.5, 0.6) is 0 Å². The Labute approximate surface area is 218 Å². The summed E-state index contributed by atoms with van der Waals surface area (Å²) in [6.07, 6.45) is 0.990. The Morgan fingerprint density at radius 3 is 2.56 bits per heavy atom. The standard InChI is InChI=1S/C26H29N3O5S2/c1-3-12-32-25(31)27-14-18-4-10-21(11-5-18)24-33-22(16-35-26-29-28-17(2)36-26)13-23(34-24)20-8-6-19(15-30)7-9-20/h3-11,22-24,30H,1,12-16H2,2H3,(H,27,31)/t22-,23+,24+/m0/s1. The highest BCUT2D eigenvalue weighted by Crippen LogP contribution is 2.39. The molecule has 36 heavy (non-hydrogen) atoms. The van der Waals surface area contributed by atoms with E-state index in [4.69, 9.17) is 14.2 Å². The number of nitrogens with zero attached hydrogens (tertiary/aromatic N) is 2. The number of alkyl carbamates (subject to hydrolysis) is 1. The Morgan fingerprint density at radius 2 is 1.89 bits per heavy atom. The first kappa shape index (κ1) is 26.3. The third kappa shape index (κ3) is 7.37. The lowest BCUT2D eigenvalue weighted by Gasteiger charge is -2.36. The number of amides is 1. The van der Waals surface area contributed by atoms with Crippen molar-refractivity contribution in [3.63, 3.8) is 0 Å². The van der Waals surface area contributed by atoms with E-state index in [1.807, 2.05) is 55.5 Å². The Balaban J connectivity index is 1.44. The zero-order chi connectivity index (χ0) is 25.3. The van der Waals surface area contributed by atoms with Crippen LogP contribution in [0.3, 0.4) is 0 Å². The molecule has 4 rings (SSSR count). The number of aromatic nitrogens is 2. The highest BCUT2D eigenvalue weighted by atomic mass is 32.2. The lowest BCUT2D eigenvalue weighted by atomic mass is 10.0. The van der Waals surface area contributed by atoms with Crippen molar-refractivity contribution in [2.24, 2.45) is 0 Å². The number of rotatable bonds is 10. The molecule has 0 saturated carbocycles. The molecule has 1 saturated heterocycles. The van der Waals surface area contributed by atoms with Crippen LogP contribution in [0.4, 0.5) is 4.79 Å². The average molecular weight is 528 g/mol. The second-order valence-corrected chi connectivity index (χ2v) is 10.7. The molecule has 10 heteroatoms. The summed E-state index contributed by atoms with van der Waals surface area (Å²) in [4.78, 5) is 11.7. The quantitative estimate of drug-likeness (QED) is 0.278. The second kappa shape index (κ2) is 13.0. The molecule has 1 aromatic heterocycles. The fourth-order valence-electron chi connectivity index (χ4n) is 3.68. The molecular formula is C26H29N3O5S2. The zero-order valence-corrected chi connectivity index (χ0v) is 21.6. The Bertz CT molecular complexity index is 1140. The summed E-state index contributed by atoms with van der Waals surface area (Å²) in [5, 5.41) is 21.3. The average Bonchev–Trinajstić information content (AvgIpc) is 3.34. The number of hydrogen-bond acceptors (Lipinski definition) is 9. The highest BCUT2D eigenvalue weighted by molar-refractivity contribution is 8.01. The first-order chi connectivity index (χ1) is 17.5. The Morgan fingerprint density at radius 1 is 1.17 bits per heavy atom. The Kier molecular flexibility index (Phi) is 9.48. The molecule has 0 unspecified atom stereocenters. The molecule has 190 valence electrons. The van der Waals surface area contributed by atoms with Crippen LogP contribution in [-0.2, 0) is 27.4 Å². The first-order valence-electron chi connectivity index (χ1n) is 11.6. The van der Waals surface area contributed by atoms with Gasteiger partial charge in [0.25, 0.3) is 0 Å². The molecule has 1 fully saturated rings. The Hall–Kier alpha value is -2.76. The minimum Gasteiger partial charge on any atom is -0.445 e. The minimum atomic E-state index is -0.539. The number of hydrogen-bond donors (Lipinski definition) is 2. The molecule has 2 aromatic carbocycles. The van der Waals surface area contributed by atoms with Gasteiger partial charge in [-0.2, -0.15) is 0 Å². The third-order valence-electron chi connectivity index (χ3n) is 5.54. The van der Waals surface area contributed by atoms with E-state index in [2.05, 4.69) is 22.1 Å². The smallest absolute Gasteiger partial charge is 0.407 e. The van der Waals surface area contributed by atoms with Gasteiger partial charge in [0.05, 0.1) is 18.8 Å². The molecule has 3 aromatic rings. The summed E-state index contributed by atoms with van der Waals surface area (Å²) in [6.45, 7) is 5.99. The number of nitrogens with one attached hydrogen (secondary N) is 1. The van der Waals surface area contributed by atoms with Gasteiger partial charge in [-0.3, -0.25) is 0 Å². The van der Waals surface area contributed by atoms with E-state index in [-0.39, 0.29) is 25.4 Å². The van der Waals surface area contributed by atoms with Gasteiger partial charge < -0.3 is 24.6 Å². The maximum absolute atomic E-state index is 11.7. The van der Waals surface area contributed by atoms with E-state index in [0.29, 0.717) is 13.0 Å². The molecule has 1 aliphatic heterocycles. The highest BCUT2D eigenvalue weighted by Gasteiger charge is 2.32. The van der Waals surface area contributed by atoms with E-state index in [9.17, 15) is 9.90 Å². The molecule has 0 bridgehead atoms. The van der Waals surface area contributed by atoms with Crippen LogP contribution in [-0.4, -0.2) is 39.9 Å². The first-order valence-corrected chi connectivity index (χ1v) is 13.4. The van der Waals surface area contributed by atoms with Gasteiger partial charge >= 0.3 is 6.09 Å². The molecule has 0 radical (unpaired) electrons. The van der Waals surface area contributed by atoms with Crippen LogP contribution in [0.2, 0.25) is 0 Å². The van der Waals surface area contributed by atoms with Gasteiger partial charge in [-0.1, -0.05) is 84.3 Å². The molecule has 0 aliphatic carbocycles. The number of carbonyl (C=O) groups is 1. The lowest BCUT2D eigenvalue weighted by molar-refractivity contribution is -0.245. The molecule has 1 amide bonds. The summed E-state index contributed by atoms with van der Waals surface area (Å²) in [5.41, 5.74) is 3.73. The van der Waals surface area contributed by atoms with Crippen LogP contribution >= 0.6 is 23.1 Å². The molecule has 3 atom stereocenters. The van der Waals surface area contributed by atoms with Gasteiger partial charge in [-0.05, 0) is 23.6 Å². The number of aryl methyl sites for hydroxylation is 1. The number of aliphatic hydroxyl groups excluding tert-OH is 1. The maximum atomic E-state index is 11.7. The van der Waals surface area contributed by atoms with Gasteiger partial charge in [0.2, 0.25) is 0 Å². The van der Waals surface area contributed by atoms with Crippen molar-refractivity contribution in [3.8, 4) is 0 Å². The number of aliphatic hydroxyl groups is 1. The number of benzene rings is 2. The monoisotopic (exact) mass is 527 g/mol. The largest absolute Gasteiger partial charge is 0.445 e. The van der Waals surface area contributed by atoms with E-state index < -0.39 is 12.4 Å². The van der Waals surface area contributed by atoms with Gasteiger partial charge in [-0.25, -0.2) is 4.79 Å². The van der Waals surface area contributed by atoms with Gasteiger partial charge in [0, 0.05) is 24.3 Å². The summed E-state index contributed by atoms with van der Waals surface area (Å²) >= 11 is 3.21. The zero-order valence-electron chi connectivity index (χ0n) is 20.0. The van der Waals surface area contributed by atoms with Crippen molar-refractivity contribution in [1.29, 1.82) is 0 Å². The minimum absolute atomic E-state index is 0.00521. The normalized spacial score (nSPS) is 19.6. The summed E-state index contributed by atoms with van der Waals surface area (Å²) in [6, 6.07) is 15.6. The van der Waals surface area contributed by atoms with Crippen LogP contribution in [0.1, 0.15) is 46.1 Å². The van der Waals surface area contributed by atoms with Crippen molar-refractivity contribution in [3.05, 3.63) is 88.4 Å². The SMILES string of the molecule is C=CCOC(=O)NCc1ccc([C@@H]2O[C@H](CSc3nnc(C)s3)C[C@H](c3ccc(CO)cc3)O2)cc1. The van der Waals surface area contributed by atoms with Gasteiger partial charge in [0.15, 0.2) is 10.6 Å². The molecule has 2 N–H and O–H groups in total. The fraction of sp³-hybridized carbons (Fsp3) is 0.346. The second-order valence-electron chi connectivity index (χ2n) is 8.23. The summed E-state index contributed by atoms with van der Waals surface area (Å²) in [7, 11) is 0. The van der Waals surface area contributed by atoms with Crippen molar-refractivity contribution in [2.45, 2.75) is 49.3 Å². The maximum Gasteiger partial charge on any atom is 0.407 e. The van der Waals surface area contributed by atoms with Crippen LogP contribution < -0.4 is 5.32 Å². The lowest BCUT2D eigenvalue weighted by Crippen LogP contribution is -2.31.